The molecule has 1 saturated heterocycles. The third kappa shape index (κ3) is 5.03. The fourth-order valence-electron chi connectivity index (χ4n) is 4.38. The van der Waals surface area contributed by atoms with Crippen LogP contribution >= 0.6 is 0 Å². The highest BCUT2D eigenvalue weighted by Crippen LogP contribution is 2.43. The first kappa shape index (κ1) is 23.2. The lowest BCUT2D eigenvalue weighted by molar-refractivity contribution is 0.0998. The fraction of sp³-hybridized carbons (Fsp3) is 0.462. The van der Waals surface area contributed by atoms with Crippen molar-refractivity contribution in [3.8, 4) is 11.5 Å². The number of carbonyl (C=O) groups excluding carboxylic acids is 1. The molecule has 1 unspecified atom stereocenters. The molecule has 3 aromatic rings. The molecule has 0 amide bonds. The molecule has 0 radical (unpaired) electrons. The molecule has 1 fully saturated rings. The van der Waals surface area contributed by atoms with E-state index in [9.17, 15) is 9.18 Å². The van der Waals surface area contributed by atoms with Crippen LogP contribution in [0.3, 0.4) is 0 Å². The molecule has 33 heavy (non-hydrogen) atoms. The Kier molecular flexibility index (Phi) is 6.98. The maximum absolute atomic E-state index is 13.3. The zero-order chi connectivity index (χ0) is 23.5. The maximum atomic E-state index is 13.3. The van der Waals surface area contributed by atoms with Gasteiger partial charge in [-0.3, -0.25) is 4.79 Å². The standard InChI is InChI=1S/C26H31FN2O4/c1-15(19-5-7-20(27)8-6-19)11-14-31-26-24(33-21-9-12-28-13-10-21)22(17(3)30)16(2)23-25(26)32-18(4)29-23/h5-8,15,21,28H,9-14H2,1-4H3. The summed E-state index contributed by atoms with van der Waals surface area (Å²) in [6.45, 7) is 9.39. The molecule has 1 aliphatic rings. The normalized spacial score (nSPS) is 15.5. The lowest BCUT2D eigenvalue weighted by Gasteiger charge is -2.26. The van der Waals surface area contributed by atoms with E-state index in [1.807, 2.05) is 6.92 Å². The number of nitrogens with one attached hydrogen (secondary N) is 1. The molecular weight excluding hydrogens is 423 g/mol. The number of hydrogen-bond acceptors (Lipinski definition) is 6. The minimum absolute atomic E-state index is 0.00860. The second-order valence-electron chi connectivity index (χ2n) is 8.78. The minimum atomic E-state index is -0.249. The van der Waals surface area contributed by atoms with Crippen molar-refractivity contribution in [2.75, 3.05) is 19.7 Å². The molecule has 1 aromatic heterocycles. The van der Waals surface area contributed by atoms with E-state index < -0.39 is 0 Å². The second kappa shape index (κ2) is 9.91. The fourth-order valence-corrected chi connectivity index (χ4v) is 4.38. The Hall–Kier alpha value is -2.93. The summed E-state index contributed by atoms with van der Waals surface area (Å²) in [6.07, 6.45) is 2.40. The summed E-state index contributed by atoms with van der Waals surface area (Å²) >= 11 is 0. The number of benzene rings is 2. The van der Waals surface area contributed by atoms with Gasteiger partial charge in [0, 0.05) is 6.92 Å². The number of aryl methyl sites for hydroxylation is 2. The number of nitrogens with zero attached hydrogens (tertiary/aromatic N) is 1. The summed E-state index contributed by atoms with van der Waals surface area (Å²) in [6, 6.07) is 6.53. The summed E-state index contributed by atoms with van der Waals surface area (Å²) in [4.78, 5) is 17.2. The van der Waals surface area contributed by atoms with E-state index in [0.29, 0.717) is 47.1 Å². The molecule has 0 aliphatic carbocycles. The summed E-state index contributed by atoms with van der Waals surface area (Å²) < 4.78 is 31.9. The molecule has 1 N–H and O–H groups in total. The largest absolute Gasteiger partial charge is 0.486 e. The van der Waals surface area contributed by atoms with Gasteiger partial charge in [0.2, 0.25) is 11.3 Å². The van der Waals surface area contributed by atoms with Crippen LogP contribution in [0.4, 0.5) is 4.39 Å². The first-order valence-electron chi connectivity index (χ1n) is 11.6. The summed E-state index contributed by atoms with van der Waals surface area (Å²) in [7, 11) is 0. The van der Waals surface area contributed by atoms with Crippen LogP contribution in [0.2, 0.25) is 0 Å². The molecule has 0 saturated carbocycles. The molecular formula is C26H31FN2O4. The van der Waals surface area contributed by atoms with Gasteiger partial charge in [-0.25, -0.2) is 9.37 Å². The molecule has 0 bridgehead atoms. The third-order valence-corrected chi connectivity index (χ3v) is 6.26. The van der Waals surface area contributed by atoms with Crippen molar-refractivity contribution in [3.05, 3.63) is 52.7 Å². The number of halogens is 1. The molecule has 2 aromatic carbocycles. The van der Waals surface area contributed by atoms with E-state index in [-0.39, 0.29) is 23.6 Å². The van der Waals surface area contributed by atoms with Gasteiger partial charge in [-0.2, -0.15) is 0 Å². The molecule has 2 heterocycles. The zero-order valence-electron chi connectivity index (χ0n) is 19.7. The number of rotatable bonds is 8. The molecule has 176 valence electrons. The summed E-state index contributed by atoms with van der Waals surface area (Å²) in [5.74, 6) is 1.22. The van der Waals surface area contributed by atoms with Gasteiger partial charge >= 0.3 is 0 Å². The number of carbonyl (C=O) groups is 1. The van der Waals surface area contributed by atoms with E-state index in [0.717, 1.165) is 37.1 Å². The van der Waals surface area contributed by atoms with Gasteiger partial charge in [0.1, 0.15) is 17.4 Å². The molecule has 1 atom stereocenters. The van der Waals surface area contributed by atoms with E-state index in [1.54, 1.807) is 19.1 Å². The highest BCUT2D eigenvalue weighted by molar-refractivity contribution is 6.05. The lowest BCUT2D eigenvalue weighted by atomic mass is 9.98. The van der Waals surface area contributed by atoms with Gasteiger partial charge in [-0.1, -0.05) is 19.1 Å². The average molecular weight is 455 g/mol. The van der Waals surface area contributed by atoms with Crippen LogP contribution in [0, 0.1) is 19.7 Å². The third-order valence-electron chi connectivity index (χ3n) is 6.26. The van der Waals surface area contributed by atoms with Gasteiger partial charge in [-0.05, 0) is 75.4 Å². The van der Waals surface area contributed by atoms with Gasteiger partial charge in [0.25, 0.3) is 0 Å². The van der Waals surface area contributed by atoms with Gasteiger partial charge in [-0.15, -0.1) is 0 Å². The van der Waals surface area contributed by atoms with Crippen LogP contribution in [-0.2, 0) is 0 Å². The van der Waals surface area contributed by atoms with E-state index >= 15 is 0 Å². The van der Waals surface area contributed by atoms with Crippen molar-refractivity contribution in [2.24, 2.45) is 0 Å². The van der Waals surface area contributed by atoms with Crippen molar-refractivity contribution in [2.45, 2.75) is 59.0 Å². The zero-order valence-corrected chi connectivity index (χ0v) is 19.7. The van der Waals surface area contributed by atoms with Gasteiger partial charge in [0.05, 0.1) is 12.2 Å². The van der Waals surface area contributed by atoms with Crippen molar-refractivity contribution in [1.29, 1.82) is 0 Å². The van der Waals surface area contributed by atoms with Crippen molar-refractivity contribution in [1.82, 2.24) is 10.3 Å². The Morgan fingerprint density at radius 2 is 1.91 bits per heavy atom. The number of hydrogen-bond donors (Lipinski definition) is 1. The topological polar surface area (TPSA) is 73.6 Å². The molecule has 1 aliphatic heterocycles. The number of oxazole rings is 1. The van der Waals surface area contributed by atoms with Crippen molar-refractivity contribution < 1.29 is 23.1 Å². The van der Waals surface area contributed by atoms with Gasteiger partial charge < -0.3 is 19.2 Å². The van der Waals surface area contributed by atoms with Crippen LogP contribution < -0.4 is 14.8 Å². The van der Waals surface area contributed by atoms with Crippen LogP contribution in [0.15, 0.2) is 28.7 Å². The quantitative estimate of drug-likeness (QED) is 0.454. The van der Waals surface area contributed by atoms with Crippen LogP contribution in [0.25, 0.3) is 11.1 Å². The Morgan fingerprint density at radius 1 is 1.21 bits per heavy atom. The SMILES string of the molecule is CC(=O)c1c(OC2CCNCC2)c(OCCC(C)c2ccc(F)cc2)c2oc(C)nc2c1C. The molecule has 0 spiro atoms. The van der Waals surface area contributed by atoms with Crippen LogP contribution in [-0.4, -0.2) is 36.6 Å². The van der Waals surface area contributed by atoms with Crippen LogP contribution in [0.1, 0.15) is 66.4 Å². The van der Waals surface area contributed by atoms with Crippen LogP contribution in [0.5, 0.6) is 11.5 Å². The van der Waals surface area contributed by atoms with Crippen molar-refractivity contribution >= 4 is 16.9 Å². The molecule has 6 nitrogen and oxygen atoms in total. The Balaban J connectivity index is 1.66. The highest BCUT2D eigenvalue weighted by atomic mass is 19.1. The smallest absolute Gasteiger partial charge is 0.207 e. The second-order valence-corrected chi connectivity index (χ2v) is 8.78. The number of fused-ring (bicyclic) bond motifs is 1. The number of aromatic nitrogens is 1. The Labute approximate surface area is 193 Å². The van der Waals surface area contributed by atoms with Gasteiger partial charge in [0.15, 0.2) is 17.4 Å². The monoisotopic (exact) mass is 454 g/mol. The Bertz CT molecular complexity index is 1130. The summed E-state index contributed by atoms with van der Waals surface area (Å²) in [5, 5.41) is 3.33. The van der Waals surface area contributed by atoms with E-state index in [1.165, 1.54) is 19.1 Å². The molecule has 7 heteroatoms. The van der Waals surface area contributed by atoms with E-state index in [2.05, 4.69) is 17.2 Å². The Morgan fingerprint density at radius 3 is 2.58 bits per heavy atom. The lowest BCUT2D eigenvalue weighted by Crippen LogP contribution is -2.34. The minimum Gasteiger partial charge on any atom is -0.486 e. The maximum Gasteiger partial charge on any atom is 0.207 e. The number of ketones is 1. The highest BCUT2D eigenvalue weighted by Gasteiger charge is 2.29. The van der Waals surface area contributed by atoms with E-state index in [4.69, 9.17) is 13.9 Å². The summed E-state index contributed by atoms with van der Waals surface area (Å²) in [5.41, 5.74) is 3.41. The number of piperidine rings is 1. The first-order valence-corrected chi connectivity index (χ1v) is 11.6. The number of ether oxygens (including phenoxy) is 2. The predicted molar refractivity (Wildman–Crippen MR) is 125 cm³/mol. The average Bonchev–Trinajstić information content (AvgIpc) is 3.18. The number of Topliss-reactive ketones (excluding diaryl/α,β-unsaturated/α-hetero) is 1. The first-order chi connectivity index (χ1) is 15.8. The van der Waals surface area contributed by atoms with Crippen molar-refractivity contribution in [3.63, 3.8) is 0 Å². The molecule has 4 rings (SSSR count). The predicted octanol–water partition coefficient (Wildman–Crippen LogP) is 5.49.